The zero-order chi connectivity index (χ0) is 10.1. The Morgan fingerprint density at radius 3 is 2.15 bits per heavy atom. The second kappa shape index (κ2) is 7.73. The van der Waals surface area contributed by atoms with Crippen molar-refractivity contribution in [2.75, 3.05) is 28.1 Å². The lowest BCUT2D eigenvalue weighted by atomic mass is 10.3. The first kappa shape index (κ1) is 12.1. The van der Waals surface area contributed by atoms with Crippen LogP contribution in [0.5, 0.6) is 0 Å². The van der Waals surface area contributed by atoms with Crippen LogP contribution in [0.4, 0.5) is 0 Å². The summed E-state index contributed by atoms with van der Waals surface area (Å²) in [6.45, 7) is 2.22. The van der Waals surface area contributed by atoms with Gasteiger partial charge in [0.2, 0.25) is 0 Å². The molecule has 0 aliphatic heterocycles. The van der Waals surface area contributed by atoms with Crippen molar-refractivity contribution in [1.82, 2.24) is 0 Å². The standard InChI is InChI=1S/C9H18O4/c1-5-6-8(11-3)9(12-4)13-7-10-2/h5-7H2,1-4H3. The van der Waals surface area contributed by atoms with Gasteiger partial charge in [-0.25, -0.2) is 0 Å². The molecule has 0 aliphatic carbocycles. The molecule has 0 aliphatic rings. The topological polar surface area (TPSA) is 36.9 Å². The molecule has 0 radical (unpaired) electrons. The second-order valence-corrected chi connectivity index (χ2v) is 2.42. The Hall–Kier alpha value is -0.900. The molecule has 0 saturated heterocycles. The third kappa shape index (κ3) is 4.62. The largest absolute Gasteiger partial charge is 0.494 e. The van der Waals surface area contributed by atoms with Crippen LogP contribution in [0.25, 0.3) is 0 Å². The normalized spacial score (nSPS) is 12.0. The van der Waals surface area contributed by atoms with Gasteiger partial charge in [0.05, 0.1) is 14.2 Å². The first-order chi connectivity index (χ1) is 6.29. The molecule has 0 bridgehead atoms. The van der Waals surface area contributed by atoms with E-state index >= 15 is 0 Å². The lowest BCUT2D eigenvalue weighted by Crippen LogP contribution is -2.04. The van der Waals surface area contributed by atoms with E-state index in [1.165, 1.54) is 0 Å². The average Bonchev–Trinajstić information content (AvgIpc) is 2.17. The highest BCUT2D eigenvalue weighted by Crippen LogP contribution is 2.13. The highest BCUT2D eigenvalue weighted by molar-refractivity contribution is 4.94. The maximum Gasteiger partial charge on any atom is 0.320 e. The van der Waals surface area contributed by atoms with Crippen LogP contribution in [-0.2, 0) is 18.9 Å². The Labute approximate surface area is 79.4 Å². The summed E-state index contributed by atoms with van der Waals surface area (Å²) in [7, 11) is 4.69. The molecule has 0 rings (SSSR count). The summed E-state index contributed by atoms with van der Waals surface area (Å²) in [4.78, 5) is 0. The SMILES string of the molecule is CCCC(OC)=C(OC)OCOC. The van der Waals surface area contributed by atoms with Crippen molar-refractivity contribution in [3.05, 3.63) is 11.7 Å². The second-order valence-electron chi connectivity index (χ2n) is 2.42. The average molecular weight is 190 g/mol. The summed E-state index contributed by atoms with van der Waals surface area (Å²) >= 11 is 0. The molecule has 0 unspecified atom stereocenters. The zero-order valence-corrected chi connectivity index (χ0v) is 8.75. The molecule has 78 valence electrons. The molecule has 13 heavy (non-hydrogen) atoms. The molecule has 0 saturated carbocycles. The monoisotopic (exact) mass is 190 g/mol. The molecule has 0 aromatic carbocycles. The van der Waals surface area contributed by atoms with Gasteiger partial charge in [0, 0.05) is 13.5 Å². The highest BCUT2D eigenvalue weighted by Gasteiger charge is 2.08. The lowest BCUT2D eigenvalue weighted by molar-refractivity contribution is -0.0569. The van der Waals surface area contributed by atoms with Crippen molar-refractivity contribution in [3.8, 4) is 0 Å². The van der Waals surface area contributed by atoms with Gasteiger partial charge in [-0.3, -0.25) is 0 Å². The van der Waals surface area contributed by atoms with Crippen LogP contribution < -0.4 is 0 Å². The van der Waals surface area contributed by atoms with E-state index in [4.69, 9.17) is 18.9 Å². The zero-order valence-electron chi connectivity index (χ0n) is 8.75. The van der Waals surface area contributed by atoms with Crippen LogP contribution >= 0.6 is 0 Å². The van der Waals surface area contributed by atoms with Gasteiger partial charge in [-0.1, -0.05) is 6.92 Å². The Kier molecular flexibility index (Phi) is 7.20. The van der Waals surface area contributed by atoms with Crippen molar-refractivity contribution in [1.29, 1.82) is 0 Å². The number of rotatable bonds is 7. The van der Waals surface area contributed by atoms with E-state index in [0.29, 0.717) is 11.7 Å². The van der Waals surface area contributed by atoms with Gasteiger partial charge in [-0.15, -0.1) is 0 Å². The van der Waals surface area contributed by atoms with Crippen LogP contribution in [0.15, 0.2) is 11.7 Å². The molecular formula is C9H18O4. The smallest absolute Gasteiger partial charge is 0.320 e. The van der Waals surface area contributed by atoms with Gasteiger partial charge < -0.3 is 18.9 Å². The summed E-state index contributed by atoms with van der Waals surface area (Å²) in [5.74, 6) is 1.10. The van der Waals surface area contributed by atoms with Gasteiger partial charge in [0.15, 0.2) is 12.6 Å². The van der Waals surface area contributed by atoms with Crippen molar-refractivity contribution in [2.45, 2.75) is 19.8 Å². The maximum absolute atomic E-state index is 5.16. The van der Waals surface area contributed by atoms with Gasteiger partial charge in [0.25, 0.3) is 0 Å². The number of hydrogen-bond acceptors (Lipinski definition) is 4. The van der Waals surface area contributed by atoms with Crippen molar-refractivity contribution in [3.63, 3.8) is 0 Å². The predicted molar refractivity (Wildman–Crippen MR) is 48.9 cm³/mol. The molecular weight excluding hydrogens is 172 g/mol. The molecule has 0 aromatic rings. The van der Waals surface area contributed by atoms with Crippen molar-refractivity contribution < 1.29 is 18.9 Å². The highest BCUT2D eigenvalue weighted by atomic mass is 16.7. The fourth-order valence-electron chi connectivity index (χ4n) is 0.880. The molecule has 0 heterocycles. The third-order valence-corrected chi connectivity index (χ3v) is 1.44. The van der Waals surface area contributed by atoms with E-state index in [9.17, 15) is 0 Å². The third-order valence-electron chi connectivity index (χ3n) is 1.44. The maximum atomic E-state index is 5.16. The molecule has 4 nitrogen and oxygen atoms in total. The van der Waals surface area contributed by atoms with E-state index in [2.05, 4.69) is 6.92 Å². The van der Waals surface area contributed by atoms with Gasteiger partial charge in [0.1, 0.15) is 0 Å². The Balaban J connectivity index is 4.23. The Bertz CT molecular complexity index is 154. The van der Waals surface area contributed by atoms with Gasteiger partial charge in [-0.2, -0.15) is 0 Å². The van der Waals surface area contributed by atoms with Gasteiger partial charge in [-0.05, 0) is 6.42 Å². The molecule has 0 N–H and O–H groups in total. The van der Waals surface area contributed by atoms with Crippen molar-refractivity contribution in [2.24, 2.45) is 0 Å². The minimum Gasteiger partial charge on any atom is -0.494 e. The van der Waals surface area contributed by atoms with Crippen LogP contribution in [0, 0.1) is 0 Å². The first-order valence-corrected chi connectivity index (χ1v) is 4.23. The van der Waals surface area contributed by atoms with E-state index in [-0.39, 0.29) is 6.79 Å². The van der Waals surface area contributed by atoms with Crippen LogP contribution in [0.2, 0.25) is 0 Å². The van der Waals surface area contributed by atoms with E-state index < -0.39 is 0 Å². The lowest BCUT2D eigenvalue weighted by Gasteiger charge is -2.12. The predicted octanol–water partition coefficient (Wildman–Crippen LogP) is 1.87. The summed E-state index contributed by atoms with van der Waals surface area (Å²) in [6.07, 6.45) is 1.77. The molecule has 4 heteroatoms. The molecule has 0 spiro atoms. The molecule has 0 aromatic heterocycles. The number of allylic oxidation sites excluding steroid dienone is 1. The van der Waals surface area contributed by atoms with Crippen LogP contribution in [-0.4, -0.2) is 28.1 Å². The summed E-state index contributed by atoms with van der Waals surface area (Å²) < 4.78 is 20.0. The minimum atomic E-state index is 0.166. The van der Waals surface area contributed by atoms with Crippen LogP contribution in [0.1, 0.15) is 19.8 Å². The number of ether oxygens (including phenoxy) is 4. The van der Waals surface area contributed by atoms with E-state index in [0.717, 1.165) is 12.8 Å². The Morgan fingerprint density at radius 1 is 1.08 bits per heavy atom. The fraction of sp³-hybridized carbons (Fsp3) is 0.778. The summed E-state index contributed by atoms with van der Waals surface area (Å²) in [5.41, 5.74) is 0. The quantitative estimate of drug-likeness (QED) is 0.453. The molecule has 0 fully saturated rings. The molecule has 0 amide bonds. The summed E-state index contributed by atoms with van der Waals surface area (Å²) in [5, 5.41) is 0. The number of hydrogen-bond donors (Lipinski definition) is 0. The Morgan fingerprint density at radius 2 is 1.77 bits per heavy atom. The first-order valence-electron chi connectivity index (χ1n) is 4.23. The number of methoxy groups -OCH3 is 3. The van der Waals surface area contributed by atoms with E-state index in [1.54, 1.807) is 21.3 Å². The van der Waals surface area contributed by atoms with Crippen molar-refractivity contribution >= 4 is 0 Å². The minimum absolute atomic E-state index is 0.166. The van der Waals surface area contributed by atoms with Crippen LogP contribution in [0.3, 0.4) is 0 Å². The van der Waals surface area contributed by atoms with E-state index in [1.807, 2.05) is 0 Å². The molecule has 0 atom stereocenters. The van der Waals surface area contributed by atoms with Gasteiger partial charge >= 0.3 is 5.95 Å². The fourth-order valence-corrected chi connectivity index (χ4v) is 0.880. The summed E-state index contributed by atoms with van der Waals surface area (Å²) in [6, 6.07) is 0.